The number of aromatic amines is 1. The molecule has 1 aromatic carbocycles. The molecule has 1 aromatic heterocycles. The van der Waals surface area contributed by atoms with Gasteiger partial charge in [0.25, 0.3) is 5.56 Å². The van der Waals surface area contributed by atoms with Crippen molar-refractivity contribution in [3.63, 3.8) is 0 Å². The van der Waals surface area contributed by atoms with Crippen molar-refractivity contribution < 1.29 is 17.6 Å². The second-order valence-electron chi connectivity index (χ2n) is 3.86. The van der Waals surface area contributed by atoms with E-state index in [1.165, 1.54) is 12.1 Å². The highest BCUT2D eigenvalue weighted by atomic mass is 19.4. The molecular weight excluding hydrogens is 264 g/mol. The summed E-state index contributed by atoms with van der Waals surface area (Å²) >= 11 is 0. The Kier molecular flexibility index (Phi) is 3.37. The van der Waals surface area contributed by atoms with Crippen LogP contribution >= 0.6 is 0 Å². The molecule has 2 rings (SSSR count). The molecule has 0 aliphatic heterocycles. The van der Waals surface area contributed by atoms with Crippen LogP contribution in [0.1, 0.15) is 16.8 Å². The molecule has 19 heavy (non-hydrogen) atoms. The summed E-state index contributed by atoms with van der Waals surface area (Å²) in [7, 11) is 0. The molecule has 0 aliphatic rings. The van der Waals surface area contributed by atoms with Gasteiger partial charge in [0.05, 0.1) is 11.9 Å². The van der Waals surface area contributed by atoms with Crippen LogP contribution in [0.25, 0.3) is 0 Å². The zero-order valence-corrected chi connectivity index (χ0v) is 9.46. The van der Waals surface area contributed by atoms with Crippen LogP contribution in [0, 0.1) is 5.82 Å². The molecule has 0 aliphatic carbocycles. The van der Waals surface area contributed by atoms with E-state index >= 15 is 0 Å². The van der Waals surface area contributed by atoms with Gasteiger partial charge in [-0.3, -0.25) is 4.79 Å². The summed E-state index contributed by atoms with van der Waals surface area (Å²) < 4.78 is 50.9. The molecule has 3 nitrogen and oxygen atoms in total. The maximum Gasteiger partial charge on any atom is 0.433 e. The second-order valence-corrected chi connectivity index (χ2v) is 3.86. The van der Waals surface area contributed by atoms with Gasteiger partial charge in [-0.25, -0.2) is 9.37 Å². The van der Waals surface area contributed by atoms with Crippen molar-refractivity contribution >= 4 is 0 Å². The highest BCUT2D eigenvalue weighted by molar-refractivity contribution is 5.28. The van der Waals surface area contributed by atoms with Crippen LogP contribution in [0.3, 0.4) is 0 Å². The smallest absolute Gasteiger partial charge is 0.313 e. The SMILES string of the molecule is O=c1[nH]cnc(C(F)(F)F)c1Cc1ccc(F)cc1. The molecule has 0 spiro atoms. The van der Waals surface area contributed by atoms with Crippen molar-refractivity contribution in [1.82, 2.24) is 9.97 Å². The van der Waals surface area contributed by atoms with Crippen LogP contribution in [0.5, 0.6) is 0 Å². The molecule has 100 valence electrons. The Balaban J connectivity index is 2.45. The fourth-order valence-corrected chi connectivity index (χ4v) is 1.64. The number of rotatable bonds is 2. The van der Waals surface area contributed by atoms with Gasteiger partial charge in [-0.15, -0.1) is 0 Å². The van der Waals surface area contributed by atoms with Crippen molar-refractivity contribution in [2.24, 2.45) is 0 Å². The Labute approximate surface area is 104 Å². The standard InChI is InChI=1S/C12H8F4N2O/c13-8-3-1-7(2-4-8)5-9-10(12(14,15)16)17-6-18-11(9)19/h1-4,6H,5H2,(H,17,18,19). The lowest BCUT2D eigenvalue weighted by Crippen LogP contribution is -2.22. The van der Waals surface area contributed by atoms with E-state index in [-0.39, 0.29) is 6.42 Å². The molecule has 0 unspecified atom stereocenters. The Morgan fingerprint density at radius 1 is 1.16 bits per heavy atom. The Morgan fingerprint density at radius 2 is 1.79 bits per heavy atom. The summed E-state index contributed by atoms with van der Waals surface area (Å²) in [5.41, 5.74) is -2.17. The van der Waals surface area contributed by atoms with Crippen molar-refractivity contribution in [1.29, 1.82) is 0 Å². The maximum atomic E-state index is 12.7. The zero-order chi connectivity index (χ0) is 14.0. The molecule has 0 saturated carbocycles. The third-order valence-electron chi connectivity index (χ3n) is 2.51. The number of nitrogens with one attached hydrogen (secondary N) is 1. The minimum atomic E-state index is -4.70. The molecule has 0 fully saturated rings. The number of halogens is 4. The topological polar surface area (TPSA) is 45.8 Å². The number of benzene rings is 1. The number of nitrogens with zero attached hydrogens (tertiary/aromatic N) is 1. The molecule has 7 heteroatoms. The second kappa shape index (κ2) is 4.83. The first-order chi connectivity index (χ1) is 8.88. The van der Waals surface area contributed by atoms with Crippen LogP contribution in [0.2, 0.25) is 0 Å². The molecule has 0 saturated heterocycles. The lowest BCUT2D eigenvalue weighted by Gasteiger charge is -2.10. The van der Waals surface area contributed by atoms with Crippen molar-refractivity contribution in [2.45, 2.75) is 12.6 Å². The van der Waals surface area contributed by atoms with Gasteiger partial charge in [-0.05, 0) is 17.7 Å². The monoisotopic (exact) mass is 272 g/mol. The van der Waals surface area contributed by atoms with Crippen LogP contribution in [-0.2, 0) is 12.6 Å². The van der Waals surface area contributed by atoms with Crippen LogP contribution in [0.15, 0.2) is 35.4 Å². The third kappa shape index (κ3) is 2.98. The predicted octanol–water partition coefficient (Wildman–Crippen LogP) is 2.52. The molecule has 1 heterocycles. The minimum Gasteiger partial charge on any atom is -0.313 e. The Bertz CT molecular complexity index is 631. The summed E-state index contributed by atoms with van der Waals surface area (Å²) in [5.74, 6) is -0.500. The van der Waals surface area contributed by atoms with Gasteiger partial charge in [0.1, 0.15) is 5.82 Å². The lowest BCUT2D eigenvalue weighted by atomic mass is 10.0. The van der Waals surface area contributed by atoms with E-state index < -0.39 is 28.8 Å². The molecule has 0 atom stereocenters. The van der Waals surface area contributed by atoms with Crippen molar-refractivity contribution in [3.8, 4) is 0 Å². The van der Waals surface area contributed by atoms with E-state index in [1.807, 2.05) is 0 Å². The van der Waals surface area contributed by atoms with Crippen molar-refractivity contribution in [2.75, 3.05) is 0 Å². The van der Waals surface area contributed by atoms with Crippen molar-refractivity contribution in [3.05, 3.63) is 63.6 Å². The molecule has 2 aromatic rings. The number of alkyl halides is 3. The molecule has 0 amide bonds. The highest BCUT2D eigenvalue weighted by Gasteiger charge is 2.36. The first-order valence-corrected chi connectivity index (χ1v) is 5.26. The van der Waals surface area contributed by atoms with E-state index in [0.717, 1.165) is 12.1 Å². The number of aromatic nitrogens is 2. The first-order valence-electron chi connectivity index (χ1n) is 5.26. The van der Waals surface area contributed by atoms with Gasteiger partial charge in [0.2, 0.25) is 0 Å². The van der Waals surface area contributed by atoms with Gasteiger partial charge >= 0.3 is 6.18 Å². The Hall–Kier alpha value is -2.18. The van der Waals surface area contributed by atoms with E-state index in [4.69, 9.17) is 0 Å². The zero-order valence-electron chi connectivity index (χ0n) is 9.46. The minimum absolute atomic E-state index is 0.266. The van der Waals surface area contributed by atoms with Crippen LogP contribution in [0.4, 0.5) is 17.6 Å². The largest absolute Gasteiger partial charge is 0.433 e. The average molecular weight is 272 g/mol. The quantitative estimate of drug-likeness (QED) is 0.854. The number of hydrogen-bond donors (Lipinski definition) is 1. The normalized spacial score (nSPS) is 11.6. The number of hydrogen-bond acceptors (Lipinski definition) is 2. The Morgan fingerprint density at radius 3 is 2.37 bits per heavy atom. The predicted molar refractivity (Wildman–Crippen MR) is 59.1 cm³/mol. The van der Waals surface area contributed by atoms with E-state index in [2.05, 4.69) is 9.97 Å². The summed E-state index contributed by atoms with van der Waals surface area (Å²) in [6, 6.07) is 4.88. The molecule has 1 N–H and O–H groups in total. The summed E-state index contributed by atoms with van der Waals surface area (Å²) in [6.07, 6.45) is -4.26. The molecule has 0 radical (unpaired) electrons. The highest BCUT2D eigenvalue weighted by Crippen LogP contribution is 2.29. The summed E-state index contributed by atoms with van der Waals surface area (Å²) in [4.78, 5) is 16.8. The molecule has 0 bridgehead atoms. The lowest BCUT2D eigenvalue weighted by molar-refractivity contribution is -0.141. The maximum absolute atomic E-state index is 12.7. The van der Waals surface area contributed by atoms with Gasteiger partial charge < -0.3 is 4.98 Å². The van der Waals surface area contributed by atoms with Gasteiger partial charge in [-0.2, -0.15) is 13.2 Å². The van der Waals surface area contributed by atoms with Gasteiger partial charge in [-0.1, -0.05) is 12.1 Å². The van der Waals surface area contributed by atoms with Crippen LogP contribution in [-0.4, -0.2) is 9.97 Å². The molecular formula is C12H8F4N2O. The number of H-pyrrole nitrogens is 1. The van der Waals surface area contributed by atoms with Gasteiger partial charge in [0, 0.05) is 6.42 Å². The fourth-order valence-electron chi connectivity index (χ4n) is 1.64. The van der Waals surface area contributed by atoms with E-state index in [1.54, 1.807) is 0 Å². The summed E-state index contributed by atoms with van der Waals surface area (Å²) in [6.45, 7) is 0. The fraction of sp³-hybridized carbons (Fsp3) is 0.167. The van der Waals surface area contributed by atoms with Crippen LogP contribution < -0.4 is 5.56 Å². The summed E-state index contributed by atoms with van der Waals surface area (Å²) in [5, 5.41) is 0. The average Bonchev–Trinajstić information content (AvgIpc) is 2.33. The van der Waals surface area contributed by atoms with E-state index in [9.17, 15) is 22.4 Å². The first kappa shape index (κ1) is 13.3. The van der Waals surface area contributed by atoms with Gasteiger partial charge in [0.15, 0.2) is 5.69 Å². The third-order valence-corrected chi connectivity index (χ3v) is 2.51. The van der Waals surface area contributed by atoms with E-state index in [0.29, 0.717) is 11.9 Å².